The molecule has 1 aromatic heterocycles. The average Bonchev–Trinajstić information content (AvgIpc) is 2.71. The molecule has 0 aliphatic rings. The van der Waals surface area contributed by atoms with Gasteiger partial charge in [0.25, 0.3) is 0 Å². The van der Waals surface area contributed by atoms with Gasteiger partial charge in [-0.15, -0.1) is 11.3 Å². The lowest BCUT2D eigenvalue weighted by Crippen LogP contribution is -2.00. The van der Waals surface area contributed by atoms with Crippen molar-refractivity contribution >= 4 is 46.1 Å². The summed E-state index contributed by atoms with van der Waals surface area (Å²) in [5.74, 6) is 0.469. The van der Waals surface area contributed by atoms with Gasteiger partial charge in [-0.3, -0.25) is 0 Å². The van der Waals surface area contributed by atoms with Crippen molar-refractivity contribution in [2.24, 2.45) is 0 Å². The Morgan fingerprint density at radius 3 is 2.42 bits per heavy atom. The summed E-state index contributed by atoms with van der Waals surface area (Å²) in [4.78, 5) is 0.655. The Hall–Kier alpha value is -0.450. The highest BCUT2D eigenvalue weighted by Gasteiger charge is 2.21. The molecule has 0 aliphatic carbocycles. The maximum atomic E-state index is 10.4. The summed E-state index contributed by atoms with van der Waals surface area (Å²) in [6.45, 7) is 1.89. The number of aryl methyl sites for hydroxylation is 1. The lowest BCUT2D eigenvalue weighted by molar-refractivity contribution is 0.224. The van der Waals surface area contributed by atoms with Crippen LogP contribution in [0.1, 0.15) is 22.1 Å². The predicted molar refractivity (Wildman–Crippen MR) is 81.1 cm³/mol. The summed E-state index contributed by atoms with van der Waals surface area (Å²) in [5.41, 5.74) is 1.44. The Balaban J connectivity index is 2.47. The first kappa shape index (κ1) is 14.9. The molecular weight excluding hydrogens is 327 g/mol. The summed E-state index contributed by atoms with van der Waals surface area (Å²) in [7, 11) is 1.51. The second-order valence-electron chi connectivity index (χ2n) is 4.01. The van der Waals surface area contributed by atoms with Crippen LogP contribution in [-0.2, 0) is 0 Å². The van der Waals surface area contributed by atoms with Crippen molar-refractivity contribution in [1.82, 2.24) is 0 Å². The minimum atomic E-state index is -0.901. The zero-order chi connectivity index (χ0) is 14.2. The van der Waals surface area contributed by atoms with Crippen molar-refractivity contribution in [3.63, 3.8) is 0 Å². The van der Waals surface area contributed by atoms with Crippen LogP contribution in [0.5, 0.6) is 5.75 Å². The Morgan fingerprint density at radius 1 is 1.21 bits per heavy atom. The van der Waals surface area contributed by atoms with E-state index in [4.69, 9.17) is 39.5 Å². The zero-order valence-electron chi connectivity index (χ0n) is 10.2. The molecule has 0 fully saturated rings. The van der Waals surface area contributed by atoms with Crippen LogP contribution in [0.3, 0.4) is 0 Å². The molecule has 2 aromatic rings. The SMILES string of the molecule is COc1cc(Cl)c(C(O)c2scc(C)c2Cl)cc1Cl. The van der Waals surface area contributed by atoms with Crippen molar-refractivity contribution < 1.29 is 9.84 Å². The molecule has 6 heteroatoms. The third-order valence-electron chi connectivity index (χ3n) is 2.74. The zero-order valence-corrected chi connectivity index (χ0v) is 13.3. The number of ether oxygens (including phenoxy) is 1. The summed E-state index contributed by atoms with van der Waals surface area (Å²) in [6, 6.07) is 3.18. The van der Waals surface area contributed by atoms with Crippen molar-refractivity contribution in [2.45, 2.75) is 13.0 Å². The van der Waals surface area contributed by atoms with Crippen molar-refractivity contribution in [3.05, 3.63) is 48.6 Å². The first-order valence-electron chi connectivity index (χ1n) is 5.40. The van der Waals surface area contributed by atoms with Gasteiger partial charge in [0, 0.05) is 11.6 Å². The molecule has 1 heterocycles. The van der Waals surface area contributed by atoms with E-state index in [1.54, 1.807) is 12.1 Å². The van der Waals surface area contributed by atoms with Crippen LogP contribution in [0.25, 0.3) is 0 Å². The number of thiophene rings is 1. The molecule has 1 N–H and O–H groups in total. The smallest absolute Gasteiger partial charge is 0.138 e. The van der Waals surface area contributed by atoms with E-state index in [1.165, 1.54) is 18.4 Å². The molecule has 0 saturated heterocycles. The molecule has 102 valence electrons. The quantitative estimate of drug-likeness (QED) is 0.843. The van der Waals surface area contributed by atoms with Gasteiger partial charge in [-0.05, 0) is 23.9 Å². The van der Waals surface area contributed by atoms with Gasteiger partial charge in [0.2, 0.25) is 0 Å². The van der Waals surface area contributed by atoms with Gasteiger partial charge in [-0.1, -0.05) is 34.8 Å². The largest absolute Gasteiger partial charge is 0.495 e. The van der Waals surface area contributed by atoms with E-state index in [-0.39, 0.29) is 0 Å². The molecule has 1 aromatic carbocycles. The lowest BCUT2D eigenvalue weighted by atomic mass is 10.1. The van der Waals surface area contributed by atoms with E-state index >= 15 is 0 Å². The standard InChI is InChI=1S/C13H11Cl3O2S/c1-6-5-19-13(11(6)16)12(17)7-3-9(15)10(18-2)4-8(7)14/h3-5,12,17H,1-2H3. The molecule has 2 rings (SSSR count). The van der Waals surface area contributed by atoms with Crippen molar-refractivity contribution in [2.75, 3.05) is 7.11 Å². The lowest BCUT2D eigenvalue weighted by Gasteiger charge is -2.14. The van der Waals surface area contributed by atoms with Gasteiger partial charge in [0.05, 0.1) is 27.1 Å². The normalized spacial score (nSPS) is 12.5. The fraction of sp³-hybridized carbons (Fsp3) is 0.231. The van der Waals surface area contributed by atoms with Gasteiger partial charge in [-0.2, -0.15) is 0 Å². The Bertz CT molecular complexity index is 610. The summed E-state index contributed by atoms with van der Waals surface area (Å²) in [6.07, 6.45) is -0.901. The first-order valence-corrected chi connectivity index (χ1v) is 7.41. The molecule has 2 nitrogen and oxygen atoms in total. The Labute approximate surface area is 130 Å². The molecule has 19 heavy (non-hydrogen) atoms. The molecule has 0 spiro atoms. The monoisotopic (exact) mass is 336 g/mol. The van der Waals surface area contributed by atoms with Gasteiger partial charge >= 0.3 is 0 Å². The summed E-state index contributed by atoms with van der Waals surface area (Å²) < 4.78 is 5.07. The molecule has 0 radical (unpaired) electrons. The summed E-state index contributed by atoms with van der Waals surface area (Å²) in [5, 5.41) is 13.6. The highest BCUT2D eigenvalue weighted by atomic mass is 35.5. The minimum Gasteiger partial charge on any atom is -0.495 e. The van der Waals surface area contributed by atoms with E-state index in [2.05, 4.69) is 0 Å². The van der Waals surface area contributed by atoms with Gasteiger partial charge in [-0.25, -0.2) is 0 Å². The average molecular weight is 338 g/mol. The van der Waals surface area contributed by atoms with Crippen molar-refractivity contribution in [1.29, 1.82) is 0 Å². The third kappa shape index (κ3) is 2.86. The van der Waals surface area contributed by atoms with Crippen LogP contribution in [0.15, 0.2) is 17.5 Å². The van der Waals surface area contributed by atoms with Crippen LogP contribution < -0.4 is 4.74 Å². The number of hydrogen-bond donors (Lipinski definition) is 1. The second kappa shape index (κ2) is 5.90. The molecule has 0 amide bonds. The molecule has 0 aliphatic heterocycles. The van der Waals surface area contributed by atoms with E-state index in [0.717, 1.165) is 5.56 Å². The molecule has 0 bridgehead atoms. The fourth-order valence-corrected chi connectivity index (χ4v) is 3.49. The van der Waals surface area contributed by atoms with Crippen LogP contribution >= 0.6 is 46.1 Å². The number of methoxy groups -OCH3 is 1. The maximum absolute atomic E-state index is 10.4. The van der Waals surface area contributed by atoms with E-state index < -0.39 is 6.10 Å². The molecule has 0 saturated carbocycles. The highest BCUT2D eigenvalue weighted by molar-refractivity contribution is 7.10. The Morgan fingerprint density at radius 2 is 1.89 bits per heavy atom. The van der Waals surface area contributed by atoms with Gasteiger partial charge in [0.15, 0.2) is 0 Å². The van der Waals surface area contributed by atoms with Gasteiger partial charge in [0.1, 0.15) is 11.9 Å². The molecule has 1 unspecified atom stereocenters. The number of benzene rings is 1. The van der Waals surface area contributed by atoms with Crippen LogP contribution in [0.4, 0.5) is 0 Å². The van der Waals surface area contributed by atoms with Crippen molar-refractivity contribution in [3.8, 4) is 5.75 Å². The number of aliphatic hydroxyl groups is 1. The van der Waals surface area contributed by atoms with Crippen LogP contribution in [0, 0.1) is 6.92 Å². The molecule has 1 atom stereocenters. The van der Waals surface area contributed by atoms with E-state index in [0.29, 0.717) is 31.3 Å². The first-order chi connectivity index (χ1) is 8.95. The number of hydrogen-bond acceptors (Lipinski definition) is 3. The fourth-order valence-electron chi connectivity index (χ4n) is 1.69. The number of rotatable bonds is 3. The van der Waals surface area contributed by atoms with Gasteiger partial charge < -0.3 is 9.84 Å². The summed E-state index contributed by atoms with van der Waals surface area (Å²) >= 11 is 19.7. The second-order valence-corrected chi connectivity index (χ2v) is 6.11. The van der Waals surface area contributed by atoms with E-state index in [1.807, 2.05) is 12.3 Å². The number of halogens is 3. The van der Waals surface area contributed by atoms with Crippen LogP contribution in [0.2, 0.25) is 15.1 Å². The topological polar surface area (TPSA) is 29.5 Å². The van der Waals surface area contributed by atoms with E-state index in [9.17, 15) is 5.11 Å². The Kier molecular flexibility index (Phi) is 4.64. The number of aliphatic hydroxyl groups excluding tert-OH is 1. The maximum Gasteiger partial charge on any atom is 0.138 e. The highest BCUT2D eigenvalue weighted by Crippen LogP contribution is 2.40. The van der Waals surface area contributed by atoms with Crippen LogP contribution in [-0.4, -0.2) is 12.2 Å². The predicted octanol–water partition coefficient (Wildman–Crippen LogP) is 5.11. The minimum absolute atomic E-state index is 0.385. The molecular formula is C13H11Cl3O2S. The third-order valence-corrected chi connectivity index (χ3v) is 5.13.